The molecule has 0 aliphatic rings. The highest BCUT2D eigenvalue weighted by molar-refractivity contribution is 6.25. The van der Waals surface area contributed by atoms with Gasteiger partial charge in [-0.15, -0.1) is 0 Å². The van der Waals surface area contributed by atoms with Crippen LogP contribution in [0.2, 0.25) is 0 Å². The van der Waals surface area contributed by atoms with Crippen LogP contribution in [0.5, 0.6) is 0 Å². The first-order chi connectivity index (χ1) is 27.3. The highest BCUT2D eigenvalue weighted by Crippen LogP contribution is 2.43. The van der Waals surface area contributed by atoms with Crippen molar-refractivity contribution in [1.82, 2.24) is 19.9 Å². The Morgan fingerprint density at radius 3 is 1.62 bits per heavy atom. The minimum Gasteiger partial charge on any atom is -0.455 e. The molecule has 3 heterocycles. The van der Waals surface area contributed by atoms with Gasteiger partial charge in [0.05, 0.1) is 16.8 Å². The van der Waals surface area contributed by atoms with E-state index in [9.17, 15) is 0 Å². The lowest BCUT2D eigenvalue weighted by Gasteiger charge is -2.14. The van der Waals surface area contributed by atoms with Gasteiger partial charge in [-0.05, 0) is 52.2 Å². The second-order valence-corrected chi connectivity index (χ2v) is 13.8. The van der Waals surface area contributed by atoms with Crippen molar-refractivity contribution in [2.75, 3.05) is 0 Å². The smallest absolute Gasteiger partial charge is 0.167 e. The summed E-state index contributed by atoms with van der Waals surface area (Å²) in [5.74, 6) is 1.73. The number of furan rings is 1. The van der Waals surface area contributed by atoms with E-state index >= 15 is 0 Å². The van der Waals surface area contributed by atoms with Crippen LogP contribution in [-0.4, -0.2) is 19.9 Å². The second-order valence-electron chi connectivity index (χ2n) is 13.8. The number of fused-ring (bicyclic) bond motifs is 8. The molecule has 0 saturated carbocycles. The van der Waals surface area contributed by atoms with Crippen LogP contribution >= 0.6 is 0 Å². The number of benzene rings is 8. The van der Waals surface area contributed by atoms with Crippen molar-refractivity contribution in [3.63, 3.8) is 0 Å². The Hall–Kier alpha value is -7.50. The van der Waals surface area contributed by atoms with Gasteiger partial charge in [-0.1, -0.05) is 152 Å². The van der Waals surface area contributed by atoms with E-state index in [1.807, 2.05) is 54.6 Å². The Balaban J connectivity index is 1.20. The maximum atomic E-state index is 7.06. The number of rotatable bonds is 5. The van der Waals surface area contributed by atoms with E-state index in [0.29, 0.717) is 17.5 Å². The van der Waals surface area contributed by atoms with Crippen LogP contribution in [-0.2, 0) is 0 Å². The van der Waals surface area contributed by atoms with Crippen LogP contribution < -0.4 is 0 Å². The first-order valence-corrected chi connectivity index (χ1v) is 18.4. The molecule has 0 amide bonds. The summed E-state index contributed by atoms with van der Waals surface area (Å²) in [6.45, 7) is 0. The number of para-hydroxylation sites is 2. The van der Waals surface area contributed by atoms with Gasteiger partial charge in [-0.2, -0.15) is 0 Å². The summed E-state index contributed by atoms with van der Waals surface area (Å²) in [7, 11) is 0. The van der Waals surface area contributed by atoms with E-state index in [1.165, 1.54) is 0 Å². The van der Waals surface area contributed by atoms with Gasteiger partial charge in [0.1, 0.15) is 11.2 Å². The summed E-state index contributed by atoms with van der Waals surface area (Å²) < 4.78 is 7.06. The molecule has 0 spiro atoms. The molecule has 0 aliphatic carbocycles. The SMILES string of the molecule is c1ccc(-c2nc(-c3cc4ccccc4cc3-c3ccccc3)nc(-c3cccc4c3oc3c4ccc4c(-c5ccccc5)nc5ccccc5c43)n2)cc1. The maximum absolute atomic E-state index is 7.06. The van der Waals surface area contributed by atoms with Crippen LogP contribution in [0.15, 0.2) is 186 Å². The quantitative estimate of drug-likeness (QED) is 0.167. The van der Waals surface area contributed by atoms with E-state index in [1.54, 1.807) is 0 Å². The largest absolute Gasteiger partial charge is 0.455 e. The van der Waals surface area contributed by atoms with Gasteiger partial charge in [-0.25, -0.2) is 19.9 Å². The molecule has 0 fully saturated rings. The molecule has 0 unspecified atom stereocenters. The molecule has 5 nitrogen and oxygen atoms in total. The summed E-state index contributed by atoms with van der Waals surface area (Å²) in [5.41, 5.74) is 9.23. The molecule has 3 aromatic heterocycles. The molecule has 0 aliphatic heterocycles. The van der Waals surface area contributed by atoms with E-state index in [4.69, 9.17) is 24.4 Å². The minimum absolute atomic E-state index is 0.543. The van der Waals surface area contributed by atoms with Crippen LogP contribution in [0.1, 0.15) is 0 Å². The molecule has 0 saturated heterocycles. The zero-order valence-electron chi connectivity index (χ0n) is 29.5. The van der Waals surface area contributed by atoms with Gasteiger partial charge >= 0.3 is 0 Å². The predicted molar refractivity (Wildman–Crippen MR) is 225 cm³/mol. The summed E-state index contributed by atoms with van der Waals surface area (Å²) in [4.78, 5) is 20.8. The molecule has 0 atom stereocenters. The monoisotopic (exact) mass is 702 g/mol. The van der Waals surface area contributed by atoms with Gasteiger partial charge in [0.15, 0.2) is 17.5 Å². The summed E-state index contributed by atoms with van der Waals surface area (Å²) in [6.07, 6.45) is 0. The molecule has 11 aromatic rings. The average molecular weight is 703 g/mol. The lowest BCUT2D eigenvalue weighted by molar-refractivity contribution is 0.673. The van der Waals surface area contributed by atoms with E-state index in [-0.39, 0.29) is 0 Å². The Morgan fingerprint density at radius 2 is 0.873 bits per heavy atom. The van der Waals surface area contributed by atoms with Gasteiger partial charge < -0.3 is 4.42 Å². The van der Waals surface area contributed by atoms with Crippen molar-refractivity contribution in [3.8, 4) is 56.5 Å². The number of pyridine rings is 1. The van der Waals surface area contributed by atoms with E-state index < -0.39 is 0 Å². The van der Waals surface area contributed by atoms with Crippen molar-refractivity contribution >= 4 is 54.4 Å². The Labute approximate surface area is 316 Å². The Morgan fingerprint density at radius 1 is 0.327 bits per heavy atom. The summed E-state index contributed by atoms with van der Waals surface area (Å²) in [5, 5.41) is 7.41. The number of nitrogens with zero attached hydrogens (tertiary/aromatic N) is 4. The zero-order chi connectivity index (χ0) is 36.3. The topological polar surface area (TPSA) is 64.7 Å². The predicted octanol–water partition coefficient (Wildman–Crippen LogP) is 13.0. The third-order valence-electron chi connectivity index (χ3n) is 10.5. The zero-order valence-corrected chi connectivity index (χ0v) is 29.5. The molecule has 55 heavy (non-hydrogen) atoms. The van der Waals surface area contributed by atoms with Crippen LogP contribution in [0.25, 0.3) is 111 Å². The number of aromatic nitrogens is 4. The normalized spacial score (nSPS) is 11.6. The van der Waals surface area contributed by atoms with E-state index in [2.05, 4.69) is 127 Å². The van der Waals surface area contributed by atoms with Crippen molar-refractivity contribution < 1.29 is 4.42 Å². The van der Waals surface area contributed by atoms with Crippen LogP contribution in [0.3, 0.4) is 0 Å². The third kappa shape index (κ3) is 5.17. The van der Waals surface area contributed by atoms with Gasteiger partial charge in [-0.3, -0.25) is 0 Å². The van der Waals surface area contributed by atoms with Gasteiger partial charge in [0.25, 0.3) is 0 Å². The molecular weight excluding hydrogens is 673 g/mol. The fourth-order valence-corrected chi connectivity index (χ4v) is 7.90. The first kappa shape index (κ1) is 31.1. The second kappa shape index (κ2) is 12.6. The van der Waals surface area contributed by atoms with Crippen LogP contribution in [0.4, 0.5) is 0 Å². The molecular formula is C50H30N4O. The molecule has 11 rings (SSSR count). The van der Waals surface area contributed by atoms with Gasteiger partial charge in [0.2, 0.25) is 0 Å². The molecule has 8 aromatic carbocycles. The molecule has 0 N–H and O–H groups in total. The average Bonchev–Trinajstić information content (AvgIpc) is 3.65. The molecule has 256 valence electrons. The van der Waals surface area contributed by atoms with Crippen molar-refractivity contribution in [3.05, 3.63) is 182 Å². The third-order valence-corrected chi connectivity index (χ3v) is 10.5. The highest BCUT2D eigenvalue weighted by atomic mass is 16.3. The molecule has 5 heteroatoms. The van der Waals surface area contributed by atoms with Crippen molar-refractivity contribution in [2.45, 2.75) is 0 Å². The number of hydrogen-bond donors (Lipinski definition) is 0. The highest BCUT2D eigenvalue weighted by Gasteiger charge is 2.22. The molecule has 0 radical (unpaired) electrons. The Bertz CT molecular complexity index is 3250. The van der Waals surface area contributed by atoms with Gasteiger partial charge in [0, 0.05) is 43.6 Å². The molecule has 0 bridgehead atoms. The van der Waals surface area contributed by atoms with Crippen LogP contribution in [0, 0.1) is 0 Å². The Kier molecular flexibility index (Phi) is 7.10. The standard InChI is InChI=1S/C50H30N4O/c1-4-15-31(16-5-1)41-29-34-21-10-11-22-35(34)30-42(41)50-53-48(33-19-8-3-9-20-33)52-49(54-50)40-25-14-24-36-37-27-28-39-44(47(37)55-46(36)40)38-23-12-13-26-43(38)51-45(39)32-17-6-2-7-18-32/h1-30H. The fraction of sp³-hybridized carbons (Fsp3) is 0. The lowest BCUT2D eigenvalue weighted by atomic mass is 9.95. The van der Waals surface area contributed by atoms with E-state index in [0.717, 1.165) is 93.5 Å². The summed E-state index contributed by atoms with van der Waals surface area (Å²) >= 11 is 0. The van der Waals surface area contributed by atoms with Crippen molar-refractivity contribution in [1.29, 1.82) is 0 Å². The lowest BCUT2D eigenvalue weighted by Crippen LogP contribution is -2.01. The fourth-order valence-electron chi connectivity index (χ4n) is 7.90. The maximum Gasteiger partial charge on any atom is 0.167 e. The number of hydrogen-bond acceptors (Lipinski definition) is 5. The summed E-state index contributed by atoms with van der Waals surface area (Å²) in [6, 6.07) is 62.6. The minimum atomic E-state index is 0.543. The van der Waals surface area contributed by atoms with Crippen molar-refractivity contribution in [2.24, 2.45) is 0 Å². The first-order valence-electron chi connectivity index (χ1n) is 18.4.